The summed E-state index contributed by atoms with van der Waals surface area (Å²) in [5.74, 6) is -1.47. The van der Waals surface area contributed by atoms with Gasteiger partial charge in [0.2, 0.25) is 10.0 Å². The molecule has 6 heteroatoms. The second-order valence-corrected chi connectivity index (χ2v) is 6.12. The summed E-state index contributed by atoms with van der Waals surface area (Å²) in [7, 11) is -3.61. The van der Waals surface area contributed by atoms with Gasteiger partial charge in [0.25, 0.3) is 0 Å². The molecule has 0 aliphatic heterocycles. The van der Waals surface area contributed by atoms with Gasteiger partial charge < -0.3 is 5.11 Å². The number of hydrogen-bond acceptors (Lipinski definition) is 3. The minimum Gasteiger partial charge on any atom is -0.480 e. The number of carboxylic acids is 1. The molecular formula is C9H17NO4S. The van der Waals surface area contributed by atoms with E-state index >= 15 is 0 Å². The maximum atomic E-state index is 11.3. The molecule has 0 aromatic heterocycles. The second-order valence-electron chi connectivity index (χ2n) is 4.33. The van der Waals surface area contributed by atoms with Gasteiger partial charge in [-0.05, 0) is 5.41 Å². The predicted octanol–water partition coefficient (Wildman–Crippen LogP) is 0.591. The molecule has 2 N–H and O–H groups in total. The Labute approximate surface area is 90.2 Å². The van der Waals surface area contributed by atoms with E-state index in [2.05, 4.69) is 11.3 Å². The van der Waals surface area contributed by atoms with E-state index in [-0.39, 0.29) is 5.75 Å². The van der Waals surface area contributed by atoms with Crippen LogP contribution in [0.3, 0.4) is 0 Å². The van der Waals surface area contributed by atoms with E-state index < -0.39 is 27.4 Å². The molecule has 0 heterocycles. The van der Waals surface area contributed by atoms with Crippen LogP contribution in [-0.2, 0) is 14.8 Å². The van der Waals surface area contributed by atoms with Gasteiger partial charge in [-0.15, -0.1) is 6.58 Å². The van der Waals surface area contributed by atoms with Gasteiger partial charge in [-0.3, -0.25) is 4.79 Å². The summed E-state index contributed by atoms with van der Waals surface area (Å²) in [6.07, 6.45) is 1.21. The first-order chi connectivity index (χ1) is 6.60. The van der Waals surface area contributed by atoms with Crippen molar-refractivity contribution in [2.24, 2.45) is 5.41 Å². The van der Waals surface area contributed by atoms with Crippen LogP contribution in [0, 0.1) is 5.41 Å². The lowest BCUT2D eigenvalue weighted by Gasteiger charge is -2.27. The Kier molecular flexibility index (Phi) is 4.48. The molecule has 88 valence electrons. The van der Waals surface area contributed by atoms with Crippen molar-refractivity contribution < 1.29 is 18.3 Å². The van der Waals surface area contributed by atoms with E-state index in [0.717, 1.165) is 0 Å². The molecule has 0 rings (SSSR count). The standard InChI is InChI=1S/C9H17NO4S/c1-5-6-15(13,14)10-7(8(11)12)9(2,3)4/h5,7,10H,1,6H2,2-4H3,(H,11,12)/t7-/m1/s1. The van der Waals surface area contributed by atoms with Crippen molar-refractivity contribution in [3.63, 3.8) is 0 Å². The fourth-order valence-corrected chi connectivity index (χ4v) is 2.20. The van der Waals surface area contributed by atoms with E-state index in [1.54, 1.807) is 20.8 Å². The fraction of sp³-hybridized carbons (Fsp3) is 0.667. The molecule has 0 unspecified atom stereocenters. The number of nitrogens with one attached hydrogen (secondary N) is 1. The Morgan fingerprint density at radius 3 is 2.27 bits per heavy atom. The Morgan fingerprint density at radius 1 is 1.53 bits per heavy atom. The number of aliphatic carboxylic acids is 1. The van der Waals surface area contributed by atoms with Crippen LogP contribution in [0.5, 0.6) is 0 Å². The van der Waals surface area contributed by atoms with Crippen molar-refractivity contribution >= 4 is 16.0 Å². The van der Waals surface area contributed by atoms with Crippen LogP contribution >= 0.6 is 0 Å². The third-order valence-corrected chi connectivity index (χ3v) is 3.02. The highest BCUT2D eigenvalue weighted by atomic mass is 32.2. The number of hydrogen-bond donors (Lipinski definition) is 2. The number of carbonyl (C=O) groups is 1. The highest BCUT2D eigenvalue weighted by Gasteiger charge is 2.34. The molecule has 1 atom stereocenters. The van der Waals surface area contributed by atoms with Crippen molar-refractivity contribution in [3.05, 3.63) is 12.7 Å². The average Bonchev–Trinajstić information content (AvgIpc) is 1.97. The zero-order chi connectivity index (χ0) is 12.3. The van der Waals surface area contributed by atoms with Gasteiger partial charge >= 0.3 is 5.97 Å². The number of sulfonamides is 1. The van der Waals surface area contributed by atoms with Crippen LogP contribution in [0.15, 0.2) is 12.7 Å². The summed E-state index contributed by atoms with van der Waals surface area (Å²) in [5.41, 5.74) is -0.680. The van der Waals surface area contributed by atoms with E-state index in [9.17, 15) is 13.2 Å². The quantitative estimate of drug-likeness (QED) is 0.683. The SMILES string of the molecule is C=CCS(=O)(=O)N[C@H](C(=O)O)C(C)(C)C. The molecule has 0 aliphatic carbocycles. The molecule has 0 aromatic rings. The Bertz CT molecular complexity index is 340. The van der Waals surface area contributed by atoms with Crippen molar-refractivity contribution in [1.82, 2.24) is 4.72 Å². The minimum absolute atomic E-state index is 0.285. The van der Waals surface area contributed by atoms with Crippen LogP contribution in [0.4, 0.5) is 0 Å². The first-order valence-corrected chi connectivity index (χ1v) is 6.09. The van der Waals surface area contributed by atoms with Gasteiger partial charge in [0, 0.05) is 0 Å². The van der Waals surface area contributed by atoms with Crippen LogP contribution < -0.4 is 4.72 Å². The molecular weight excluding hydrogens is 218 g/mol. The summed E-state index contributed by atoms with van der Waals surface area (Å²) in [6, 6.07) is -1.14. The lowest BCUT2D eigenvalue weighted by molar-refractivity contribution is -0.141. The summed E-state index contributed by atoms with van der Waals surface area (Å²) >= 11 is 0. The van der Waals surface area contributed by atoms with Crippen LogP contribution in [0.2, 0.25) is 0 Å². The van der Waals surface area contributed by atoms with Gasteiger partial charge in [0.1, 0.15) is 6.04 Å². The maximum Gasteiger partial charge on any atom is 0.322 e. The van der Waals surface area contributed by atoms with Gasteiger partial charge in [0.05, 0.1) is 5.75 Å². The summed E-state index contributed by atoms with van der Waals surface area (Å²) < 4.78 is 24.8. The number of carboxylic acid groups (broad SMARTS) is 1. The normalized spacial score (nSPS) is 14.6. The molecule has 0 spiro atoms. The molecule has 15 heavy (non-hydrogen) atoms. The van der Waals surface area contributed by atoms with Gasteiger partial charge in [0.15, 0.2) is 0 Å². The summed E-state index contributed by atoms with van der Waals surface area (Å²) in [6.45, 7) is 8.26. The zero-order valence-electron chi connectivity index (χ0n) is 9.15. The monoisotopic (exact) mass is 235 g/mol. The Morgan fingerprint density at radius 2 is 2.00 bits per heavy atom. The van der Waals surface area contributed by atoms with E-state index in [1.165, 1.54) is 6.08 Å². The molecule has 0 aromatic carbocycles. The van der Waals surface area contributed by atoms with Gasteiger partial charge in [-0.2, -0.15) is 0 Å². The largest absolute Gasteiger partial charge is 0.480 e. The summed E-state index contributed by atoms with van der Waals surface area (Å²) in [5, 5.41) is 8.89. The molecule has 0 bridgehead atoms. The average molecular weight is 235 g/mol. The van der Waals surface area contributed by atoms with E-state index in [1.807, 2.05) is 0 Å². The topological polar surface area (TPSA) is 83.5 Å². The van der Waals surface area contributed by atoms with E-state index in [4.69, 9.17) is 5.11 Å². The Hall–Kier alpha value is -0.880. The maximum absolute atomic E-state index is 11.3. The first-order valence-electron chi connectivity index (χ1n) is 4.44. The van der Waals surface area contributed by atoms with Crippen molar-refractivity contribution in [1.29, 1.82) is 0 Å². The number of rotatable bonds is 5. The highest BCUT2D eigenvalue weighted by molar-refractivity contribution is 7.89. The van der Waals surface area contributed by atoms with Crippen molar-refractivity contribution in [3.8, 4) is 0 Å². The molecule has 0 aliphatic rings. The van der Waals surface area contributed by atoms with Crippen LogP contribution in [0.25, 0.3) is 0 Å². The Balaban J connectivity index is 4.87. The van der Waals surface area contributed by atoms with Crippen LogP contribution in [0.1, 0.15) is 20.8 Å². The highest BCUT2D eigenvalue weighted by Crippen LogP contribution is 2.20. The van der Waals surface area contributed by atoms with Gasteiger partial charge in [-0.1, -0.05) is 26.8 Å². The molecule has 0 amide bonds. The molecule has 5 nitrogen and oxygen atoms in total. The van der Waals surface area contributed by atoms with Crippen molar-refractivity contribution in [2.75, 3.05) is 5.75 Å². The molecule has 0 fully saturated rings. The van der Waals surface area contributed by atoms with Crippen molar-refractivity contribution in [2.45, 2.75) is 26.8 Å². The third-order valence-electron chi connectivity index (χ3n) is 1.75. The second kappa shape index (κ2) is 4.76. The smallest absolute Gasteiger partial charge is 0.322 e. The van der Waals surface area contributed by atoms with Gasteiger partial charge in [-0.25, -0.2) is 13.1 Å². The molecule has 0 radical (unpaired) electrons. The van der Waals surface area contributed by atoms with E-state index in [0.29, 0.717) is 0 Å². The zero-order valence-corrected chi connectivity index (χ0v) is 9.97. The lowest BCUT2D eigenvalue weighted by atomic mass is 9.88. The molecule has 0 saturated heterocycles. The summed E-state index contributed by atoms with van der Waals surface area (Å²) in [4.78, 5) is 10.9. The third kappa shape index (κ3) is 4.94. The predicted molar refractivity (Wildman–Crippen MR) is 58.0 cm³/mol. The molecule has 0 saturated carbocycles. The lowest BCUT2D eigenvalue weighted by Crippen LogP contribution is -2.49. The fourth-order valence-electron chi connectivity index (χ4n) is 0.980. The first kappa shape index (κ1) is 14.1. The van der Waals surface area contributed by atoms with Crippen LogP contribution in [-0.4, -0.2) is 31.3 Å². The minimum atomic E-state index is -3.61.